The van der Waals surface area contributed by atoms with Crippen molar-refractivity contribution in [3.8, 4) is 0 Å². The molecule has 0 spiro atoms. The summed E-state index contributed by atoms with van der Waals surface area (Å²) < 4.78 is 0. The molecule has 0 aliphatic heterocycles. The van der Waals surface area contributed by atoms with E-state index in [9.17, 15) is 5.11 Å². The second-order valence-corrected chi connectivity index (χ2v) is 5.44. The van der Waals surface area contributed by atoms with Crippen molar-refractivity contribution < 1.29 is 5.11 Å². The molecule has 90 valence electrons. The summed E-state index contributed by atoms with van der Waals surface area (Å²) in [7, 11) is 0. The SMILES string of the molecule is Cc1cc(C)c(C(O)Cc2ccsc2)c(C)c1. The average Bonchev–Trinajstić information content (AvgIpc) is 2.68. The van der Waals surface area contributed by atoms with Gasteiger partial charge >= 0.3 is 0 Å². The summed E-state index contributed by atoms with van der Waals surface area (Å²) in [5.41, 5.74) is 5.92. The number of benzene rings is 1. The normalized spacial score (nSPS) is 12.7. The van der Waals surface area contributed by atoms with Gasteiger partial charge in [0, 0.05) is 6.42 Å². The highest BCUT2D eigenvalue weighted by Crippen LogP contribution is 2.26. The first-order valence-electron chi connectivity index (χ1n) is 5.85. The molecule has 0 aliphatic rings. The molecule has 2 aromatic rings. The van der Waals surface area contributed by atoms with Crippen LogP contribution in [-0.4, -0.2) is 5.11 Å². The zero-order valence-corrected chi connectivity index (χ0v) is 11.3. The van der Waals surface area contributed by atoms with Crippen molar-refractivity contribution in [3.05, 3.63) is 56.8 Å². The highest BCUT2D eigenvalue weighted by molar-refractivity contribution is 7.07. The molecule has 1 nitrogen and oxygen atoms in total. The minimum absolute atomic E-state index is 0.398. The van der Waals surface area contributed by atoms with E-state index in [1.165, 1.54) is 22.3 Å². The Morgan fingerprint density at radius 1 is 1.18 bits per heavy atom. The minimum Gasteiger partial charge on any atom is -0.388 e. The van der Waals surface area contributed by atoms with E-state index in [0.717, 1.165) is 5.56 Å². The fourth-order valence-corrected chi connectivity index (χ4v) is 3.13. The van der Waals surface area contributed by atoms with Gasteiger partial charge in [-0.05, 0) is 59.9 Å². The lowest BCUT2D eigenvalue weighted by molar-refractivity contribution is 0.177. The van der Waals surface area contributed by atoms with E-state index in [1.807, 2.05) is 0 Å². The maximum Gasteiger partial charge on any atom is 0.0835 e. The van der Waals surface area contributed by atoms with Crippen molar-refractivity contribution in [1.82, 2.24) is 0 Å². The smallest absolute Gasteiger partial charge is 0.0835 e. The summed E-state index contributed by atoms with van der Waals surface area (Å²) in [6.07, 6.45) is 0.305. The molecule has 1 heterocycles. The maximum absolute atomic E-state index is 10.3. The van der Waals surface area contributed by atoms with Crippen LogP contribution in [0.25, 0.3) is 0 Å². The van der Waals surface area contributed by atoms with Gasteiger partial charge in [0.2, 0.25) is 0 Å². The van der Waals surface area contributed by atoms with Gasteiger partial charge in [0.15, 0.2) is 0 Å². The molecule has 2 rings (SSSR count). The summed E-state index contributed by atoms with van der Waals surface area (Å²) in [5.74, 6) is 0. The van der Waals surface area contributed by atoms with Crippen LogP contribution in [0.15, 0.2) is 29.0 Å². The number of rotatable bonds is 3. The number of aliphatic hydroxyl groups is 1. The third-order valence-corrected chi connectivity index (χ3v) is 3.81. The second kappa shape index (κ2) is 5.03. The molecule has 0 fully saturated rings. The van der Waals surface area contributed by atoms with Gasteiger partial charge in [-0.15, -0.1) is 0 Å². The van der Waals surface area contributed by atoms with Gasteiger partial charge in [-0.25, -0.2) is 0 Å². The molecule has 0 saturated heterocycles. The van der Waals surface area contributed by atoms with Crippen LogP contribution in [0, 0.1) is 20.8 Å². The van der Waals surface area contributed by atoms with Crippen LogP contribution in [-0.2, 0) is 6.42 Å². The number of hydrogen-bond acceptors (Lipinski definition) is 2. The lowest BCUT2D eigenvalue weighted by Gasteiger charge is -2.17. The minimum atomic E-state index is -0.398. The maximum atomic E-state index is 10.3. The summed E-state index contributed by atoms with van der Waals surface area (Å²) in [5, 5.41) is 14.5. The second-order valence-electron chi connectivity index (χ2n) is 4.66. The first kappa shape index (κ1) is 12.3. The highest BCUT2D eigenvalue weighted by Gasteiger charge is 2.14. The van der Waals surface area contributed by atoms with Crippen LogP contribution in [0.2, 0.25) is 0 Å². The van der Waals surface area contributed by atoms with Gasteiger partial charge in [-0.3, -0.25) is 0 Å². The fourth-order valence-electron chi connectivity index (χ4n) is 2.45. The predicted octanol–water partition coefficient (Wildman–Crippen LogP) is 3.95. The van der Waals surface area contributed by atoms with Crippen molar-refractivity contribution in [2.75, 3.05) is 0 Å². The fraction of sp³-hybridized carbons (Fsp3) is 0.333. The Morgan fingerprint density at radius 2 is 1.82 bits per heavy atom. The molecule has 0 aliphatic carbocycles. The summed E-state index contributed by atoms with van der Waals surface area (Å²) in [4.78, 5) is 0. The van der Waals surface area contributed by atoms with Crippen molar-refractivity contribution in [3.63, 3.8) is 0 Å². The number of thiophene rings is 1. The molecular weight excluding hydrogens is 228 g/mol. The first-order chi connectivity index (χ1) is 8.08. The topological polar surface area (TPSA) is 20.2 Å². The molecule has 1 aromatic heterocycles. The van der Waals surface area contributed by atoms with E-state index in [4.69, 9.17) is 0 Å². The predicted molar refractivity (Wildman–Crippen MR) is 73.6 cm³/mol. The van der Waals surface area contributed by atoms with Crippen LogP contribution in [0.1, 0.15) is 33.9 Å². The van der Waals surface area contributed by atoms with Crippen LogP contribution >= 0.6 is 11.3 Å². The molecule has 2 heteroatoms. The summed E-state index contributed by atoms with van der Waals surface area (Å²) in [6.45, 7) is 6.24. The quantitative estimate of drug-likeness (QED) is 0.869. The Morgan fingerprint density at radius 3 is 2.35 bits per heavy atom. The van der Waals surface area contributed by atoms with E-state index in [-0.39, 0.29) is 0 Å². The molecular formula is C15H18OS. The van der Waals surface area contributed by atoms with Gasteiger partial charge in [-0.2, -0.15) is 11.3 Å². The lowest BCUT2D eigenvalue weighted by atomic mass is 9.93. The van der Waals surface area contributed by atoms with Crippen LogP contribution in [0.4, 0.5) is 0 Å². The Hall–Kier alpha value is -1.12. The number of aryl methyl sites for hydroxylation is 3. The van der Waals surface area contributed by atoms with Gasteiger partial charge in [0.1, 0.15) is 0 Å². The zero-order chi connectivity index (χ0) is 12.4. The van der Waals surface area contributed by atoms with Crippen LogP contribution in [0.3, 0.4) is 0 Å². The molecule has 1 aromatic carbocycles. The third-order valence-electron chi connectivity index (χ3n) is 3.08. The molecule has 0 radical (unpaired) electrons. The standard InChI is InChI=1S/C15H18OS/c1-10-6-11(2)15(12(3)7-10)14(16)8-13-4-5-17-9-13/h4-7,9,14,16H,8H2,1-3H3. The van der Waals surface area contributed by atoms with Crippen molar-refractivity contribution >= 4 is 11.3 Å². The summed E-state index contributed by atoms with van der Waals surface area (Å²) >= 11 is 1.68. The zero-order valence-electron chi connectivity index (χ0n) is 10.5. The Balaban J connectivity index is 2.27. The molecule has 1 N–H and O–H groups in total. The molecule has 0 bridgehead atoms. The highest BCUT2D eigenvalue weighted by atomic mass is 32.1. The van der Waals surface area contributed by atoms with Crippen molar-refractivity contribution in [2.45, 2.75) is 33.3 Å². The summed E-state index contributed by atoms with van der Waals surface area (Å²) in [6, 6.07) is 6.35. The van der Waals surface area contributed by atoms with Crippen molar-refractivity contribution in [2.24, 2.45) is 0 Å². The van der Waals surface area contributed by atoms with Crippen molar-refractivity contribution in [1.29, 1.82) is 0 Å². The van der Waals surface area contributed by atoms with Gasteiger partial charge < -0.3 is 5.11 Å². The van der Waals surface area contributed by atoms with E-state index >= 15 is 0 Å². The molecule has 17 heavy (non-hydrogen) atoms. The van der Waals surface area contributed by atoms with Gasteiger partial charge in [0.05, 0.1) is 6.10 Å². The molecule has 1 atom stereocenters. The molecule has 0 saturated carbocycles. The first-order valence-corrected chi connectivity index (χ1v) is 6.79. The van der Waals surface area contributed by atoms with E-state index in [0.29, 0.717) is 6.42 Å². The monoisotopic (exact) mass is 246 g/mol. The molecule has 1 unspecified atom stereocenters. The van der Waals surface area contributed by atoms with Gasteiger partial charge in [-0.1, -0.05) is 17.7 Å². The van der Waals surface area contributed by atoms with E-state index < -0.39 is 6.10 Å². The van der Waals surface area contributed by atoms with E-state index in [2.05, 4.69) is 49.7 Å². The Bertz CT molecular complexity index is 477. The average molecular weight is 246 g/mol. The van der Waals surface area contributed by atoms with Crippen LogP contribution < -0.4 is 0 Å². The number of hydrogen-bond donors (Lipinski definition) is 1. The van der Waals surface area contributed by atoms with Crippen LogP contribution in [0.5, 0.6) is 0 Å². The largest absolute Gasteiger partial charge is 0.388 e. The Kier molecular flexibility index (Phi) is 3.65. The van der Waals surface area contributed by atoms with E-state index in [1.54, 1.807) is 11.3 Å². The molecule has 0 amide bonds. The Labute approximate surface area is 107 Å². The van der Waals surface area contributed by atoms with Gasteiger partial charge in [0.25, 0.3) is 0 Å². The number of aliphatic hydroxyl groups excluding tert-OH is 1. The lowest BCUT2D eigenvalue weighted by Crippen LogP contribution is -2.06. The third kappa shape index (κ3) is 2.76.